The number of carbonyl (C=O) groups is 1. The van der Waals surface area contributed by atoms with Crippen LogP contribution in [0.5, 0.6) is 0 Å². The summed E-state index contributed by atoms with van der Waals surface area (Å²) < 4.78 is 0. The monoisotopic (exact) mass is 318 g/mol. The molecule has 7 nitrogen and oxygen atoms in total. The number of amides is 1. The summed E-state index contributed by atoms with van der Waals surface area (Å²) in [6.07, 6.45) is 1.23. The minimum atomic E-state index is -0.312. The Bertz CT molecular complexity index is 794. The molecule has 0 radical (unpaired) electrons. The van der Waals surface area contributed by atoms with Crippen LogP contribution in [0.2, 0.25) is 0 Å². The molecule has 0 bridgehead atoms. The Hall–Kier alpha value is -2.57. The first-order valence-electron chi connectivity index (χ1n) is 7.83. The zero-order chi connectivity index (χ0) is 16.8. The van der Waals surface area contributed by atoms with Crippen LogP contribution in [0.1, 0.15) is 26.7 Å². The molecule has 0 aliphatic carbocycles. The van der Waals surface area contributed by atoms with Gasteiger partial charge in [0.25, 0.3) is 11.1 Å². The lowest BCUT2D eigenvalue weighted by Gasteiger charge is -2.24. The van der Waals surface area contributed by atoms with Gasteiger partial charge in [0.1, 0.15) is 0 Å². The highest BCUT2D eigenvalue weighted by Gasteiger charge is 2.13. The van der Waals surface area contributed by atoms with Gasteiger partial charge in [0.05, 0.1) is 16.5 Å². The van der Waals surface area contributed by atoms with Gasteiger partial charge in [0, 0.05) is 26.1 Å². The second kappa shape index (κ2) is 7.62. The van der Waals surface area contributed by atoms with Crippen molar-refractivity contribution in [3.05, 3.63) is 38.9 Å². The van der Waals surface area contributed by atoms with Crippen LogP contribution in [0.25, 0.3) is 10.8 Å². The number of hydrogen-bond donors (Lipinski definition) is 3. The zero-order valence-electron chi connectivity index (χ0n) is 13.4. The first-order chi connectivity index (χ1) is 11.1. The average Bonchev–Trinajstić information content (AvgIpc) is 2.57. The molecule has 0 aliphatic heterocycles. The molecule has 0 saturated heterocycles. The van der Waals surface area contributed by atoms with E-state index >= 15 is 0 Å². The molecule has 7 heteroatoms. The van der Waals surface area contributed by atoms with Crippen LogP contribution in [-0.4, -0.2) is 35.7 Å². The summed E-state index contributed by atoms with van der Waals surface area (Å²) >= 11 is 0. The third-order valence-electron chi connectivity index (χ3n) is 3.77. The fourth-order valence-electron chi connectivity index (χ4n) is 2.55. The number of aromatic nitrogens is 2. The van der Waals surface area contributed by atoms with Crippen LogP contribution in [0.4, 0.5) is 5.69 Å². The Morgan fingerprint density at radius 2 is 1.91 bits per heavy atom. The first kappa shape index (κ1) is 16.8. The molecule has 1 heterocycles. The number of fused-ring (bicyclic) bond motifs is 1. The van der Waals surface area contributed by atoms with Gasteiger partial charge in [-0.1, -0.05) is 13.0 Å². The minimum absolute atomic E-state index is 0.0289. The number of benzene rings is 1. The number of hydrogen-bond acceptors (Lipinski definition) is 4. The van der Waals surface area contributed by atoms with Gasteiger partial charge in [-0.2, -0.15) is 0 Å². The Morgan fingerprint density at radius 1 is 1.17 bits per heavy atom. The average molecular weight is 318 g/mol. The smallest absolute Gasteiger partial charge is 0.272 e. The second-order valence-electron chi connectivity index (χ2n) is 5.24. The highest BCUT2D eigenvalue weighted by molar-refractivity contribution is 5.92. The molecule has 1 amide bonds. The highest BCUT2D eigenvalue weighted by Crippen LogP contribution is 2.21. The Morgan fingerprint density at radius 3 is 2.61 bits per heavy atom. The fraction of sp³-hybridized carbons (Fsp3) is 0.438. The van der Waals surface area contributed by atoms with Crippen molar-refractivity contribution in [2.75, 3.05) is 24.5 Å². The predicted molar refractivity (Wildman–Crippen MR) is 91.0 cm³/mol. The first-order valence-corrected chi connectivity index (χ1v) is 7.83. The molecular weight excluding hydrogens is 296 g/mol. The molecule has 0 fully saturated rings. The van der Waals surface area contributed by atoms with E-state index in [4.69, 9.17) is 0 Å². The Balaban J connectivity index is 2.23. The summed E-state index contributed by atoms with van der Waals surface area (Å²) in [4.78, 5) is 37.3. The van der Waals surface area contributed by atoms with Gasteiger partial charge < -0.3 is 10.2 Å². The standard InChI is InChI=1S/C16H22N4O3/c1-3-13(21)17-9-6-10-20(4-2)12-8-5-7-11-14(12)16(23)19-18-15(11)22/h5,7-8H,3-4,6,9-10H2,1-2H3,(H,17,21)(H,18,22)(H,19,23). The van der Waals surface area contributed by atoms with Crippen LogP contribution in [0.3, 0.4) is 0 Å². The van der Waals surface area contributed by atoms with Gasteiger partial charge in [-0.15, -0.1) is 0 Å². The largest absolute Gasteiger partial charge is 0.371 e. The highest BCUT2D eigenvalue weighted by atomic mass is 16.2. The Kier molecular flexibility index (Phi) is 5.56. The summed E-state index contributed by atoms with van der Waals surface area (Å²) in [7, 11) is 0. The fourth-order valence-corrected chi connectivity index (χ4v) is 2.55. The molecule has 0 spiro atoms. The molecule has 2 rings (SSSR count). The number of nitrogens with one attached hydrogen (secondary N) is 3. The van der Waals surface area contributed by atoms with Crippen molar-refractivity contribution in [1.29, 1.82) is 0 Å². The third-order valence-corrected chi connectivity index (χ3v) is 3.77. The molecule has 1 aromatic carbocycles. The van der Waals surface area contributed by atoms with E-state index < -0.39 is 0 Å². The predicted octanol–water partition coefficient (Wildman–Crippen LogP) is 0.959. The number of nitrogens with zero attached hydrogens (tertiary/aromatic N) is 1. The van der Waals surface area contributed by atoms with Gasteiger partial charge in [-0.05, 0) is 25.5 Å². The van der Waals surface area contributed by atoms with Crippen molar-refractivity contribution in [3.8, 4) is 0 Å². The van der Waals surface area contributed by atoms with Crippen LogP contribution in [0.15, 0.2) is 27.8 Å². The van der Waals surface area contributed by atoms with Gasteiger partial charge in [0.2, 0.25) is 5.91 Å². The lowest BCUT2D eigenvalue weighted by molar-refractivity contribution is -0.120. The minimum Gasteiger partial charge on any atom is -0.371 e. The van der Waals surface area contributed by atoms with Crippen molar-refractivity contribution in [1.82, 2.24) is 15.5 Å². The van der Waals surface area contributed by atoms with E-state index in [2.05, 4.69) is 15.5 Å². The summed E-state index contributed by atoms with van der Waals surface area (Å²) in [5, 5.41) is 8.32. The maximum atomic E-state index is 12.1. The number of H-pyrrole nitrogens is 2. The number of carbonyl (C=O) groups excluding carboxylic acids is 1. The van der Waals surface area contributed by atoms with Crippen LogP contribution in [0, 0.1) is 0 Å². The molecule has 0 aliphatic rings. The van der Waals surface area contributed by atoms with E-state index in [0.29, 0.717) is 36.8 Å². The molecule has 23 heavy (non-hydrogen) atoms. The summed E-state index contributed by atoms with van der Waals surface area (Å²) in [5.41, 5.74) is 0.111. The lowest BCUT2D eigenvalue weighted by atomic mass is 10.1. The number of anilines is 1. The summed E-state index contributed by atoms with van der Waals surface area (Å²) in [6.45, 7) is 5.78. The van der Waals surface area contributed by atoms with Gasteiger partial charge in [-0.25, -0.2) is 0 Å². The van der Waals surface area contributed by atoms with Gasteiger partial charge in [-0.3, -0.25) is 24.6 Å². The van der Waals surface area contributed by atoms with E-state index in [1.54, 1.807) is 12.1 Å². The van der Waals surface area contributed by atoms with E-state index in [0.717, 1.165) is 12.1 Å². The van der Waals surface area contributed by atoms with Gasteiger partial charge >= 0.3 is 0 Å². The van der Waals surface area contributed by atoms with Gasteiger partial charge in [0.15, 0.2) is 0 Å². The number of aromatic amines is 2. The maximum Gasteiger partial charge on any atom is 0.272 e. The number of rotatable bonds is 7. The van der Waals surface area contributed by atoms with Crippen LogP contribution >= 0.6 is 0 Å². The Labute approximate surface area is 133 Å². The third kappa shape index (κ3) is 3.80. The quantitative estimate of drug-likeness (QED) is 0.662. The molecule has 2 aromatic rings. The van der Waals surface area contributed by atoms with Crippen molar-refractivity contribution in [2.24, 2.45) is 0 Å². The summed E-state index contributed by atoms with van der Waals surface area (Å²) in [6, 6.07) is 5.25. The SMILES string of the molecule is CCC(=O)NCCCN(CC)c1cccc2c(=O)[nH][nH]c(=O)c12. The van der Waals surface area contributed by atoms with E-state index in [1.807, 2.05) is 24.8 Å². The van der Waals surface area contributed by atoms with E-state index in [1.165, 1.54) is 0 Å². The normalized spacial score (nSPS) is 10.7. The molecule has 124 valence electrons. The van der Waals surface area contributed by atoms with E-state index in [9.17, 15) is 14.4 Å². The van der Waals surface area contributed by atoms with Crippen molar-refractivity contribution >= 4 is 22.4 Å². The molecule has 0 unspecified atom stereocenters. The molecule has 3 N–H and O–H groups in total. The van der Waals surface area contributed by atoms with Crippen molar-refractivity contribution in [3.63, 3.8) is 0 Å². The van der Waals surface area contributed by atoms with Crippen molar-refractivity contribution in [2.45, 2.75) is 26.7 Å². The molecule has 1 aromatic heterocycles. The van der Waals surface area contributed by atoms with Crippen molar-refractivity contribution < 1.29 is 4.79 Å². The summed E-state index contributed by atoms with van der Waals surface area (Å²) in [5.74, 6) is 0.0289. The molecule has 0 atom stereocenters. The maximum absolute atomic E-state index is 12.1. The topological polar surface area (TPSA) is 98.1 Å². The van der Waals surface area contributed by atoms with E-state index in [-0.39, 0.29) is 17.0 Å². The molecule has 0 saturated carbocycles. The van der Waals surface area contributed by atoms with Crippen LogP contribution in [-0.2, 0) is 4.79 Å². The van der Waals surface area contributed by atoms with Crippen LogP contribution < -0.4 is 21.3 Å². The molecular formula is C16H22N4O3. The lowest BCUT2D eigenvalue weighted by Crippen LogP contribution is -2.31. The second-order valence-corrected chi connectivity index (χ2v) is 5.24. The zero-order valence-corrected chi connectivity index (χ0v) is 13.4.